The first-order chi connectivity index (χ1) is 17.4. The number of nitrogens with zero attached hydrogens (tertiary/aromatic N) is 4. The Morgan fingerprint density at radius 1 is 1.08 bits per heavy atom. The Kier molecular flexibility index (Phi) is 7.15. The van der Waals surface area contributed by atoms with Gasteiger partial charge >= 0.3 is 0 Å². The molecule has 36 heavy (non-hydrogen) atoms. The van der Waals surface area contributed by atoms with Crippen molar-refractivity contribution in [2.45, 2.75) is 12.1 Å². The quantitative estimate of drug-likeness (QED) is 0.220. The Hall–Kier alpha value is -3.11. The van der Waals surface area contributed by atoms with Gasteiger partial charge in [0.1, 0.15) is 5.75 Å². The van der Waals surface area contributed by atoms with Crippen LogP contribution in [0.15, 0.2) is 65.8 Å². The van der Waals surface area contributed by atoms with E-state index in [4.69, 9.17) is 27.9 Å². The highest BCUT2D eigenvalue weighted by atomic mass is 35.5. The molecule has 0 bridgehead atoms. The average Bonchev–Trinajstić information content (AvgIpc) is 3.48. The van der Waals surface area contributed by atoms with Gasteiger partial charge in [0.15, 0.2) is 16.1 Å². The molecular weight excluding hydrogens is 537 g/mol. The molecule has 11 heteroatoms. The zero-order valence-corrected chi connectivity index (χ0v) is 22.3. The van der Waals surface area contributed by atoms with Crippen LogP contribution in [0.3, 0.4) is 0 Å². The number of hydrogen-bond donors (Lipinski definition) is 1. The first-order valence-electron chi connectivity index (χ1n) is 10.8. The number of hydrogen-bond acceptors (Lipinski definition) is 7. The number of aryl methyl sites for hydroxylation is 1. The number of rotatable bonds is 7. The number of halogens is 2. The lowest BCUT2D eigenvalue weighted by Gasteiger charge is -2.12. The van der Waals surface area contributed by atoms with Crippen molar-refractivity contribution in [1.82, 2.24) is 19.7 Å². The van der Waals surface area contributed by atoms with E-state index in [1.807, 2.05) is 60.0 Å². The van der Waals surface area contributed by atoms with Crippen molar-refractivity contribution in [2.24, 2.45) is 0 Å². The fraction of sp³-hybridized carbons (Fsp3) is 0.120. The highest BCUT2D eigenvalue weighted by Gasteiger charge is 2.18. The van der Waals surface area contributed by atoms with E-state index in [0.717, 1.165) is 32.8 Å². The number of carbonyl (C=O) groups excluding carboxylic acids is 1. The van der Waals surface area contributed by atoms with Crippen LogP contribution in [0, 0.1) is 6.92 Å². The Labute approximate surface area is 225 Å². The van der Waals surface area contributed by atoms with Gasteiger partial charge < -0.3 is 10.1 Å². The smallest absolute Gasteiger partial charge is 0.236 e. The van der Waals surface area contributed by atoms with Gasteiger partial charge in [-0.1, -0.05) is 52.4 Å². The average molecular weight is 557 g/mol. The van der Waals surface area contributed by atoms with E-state index in [0.29, 0.717) is 26.2 Å². The van der Waals surface area contributed by atoms with E-state index in [1.54, 1.807) is 19.2 Å². The highest BCUT2D eigenvalue weighted by Crippen LogP contribution is 2.32. The van der Waals surface area contributed by atoms with E-state index >= 15 is 0 Å². The van der Waals surface area contributed by atoms with Crippen LogP contribution in [0.2, 0.25) is 10.0 Å². The summed E-state index contributed by atoms with van der Waals surface area (Å²) in [6, 6.07) is 18.7. The summed E-state index contributed by atoms with van der Waals surface area (Å²) in [4.78, 5) is 17.2. The first-order valence-corrected chi connectivity index (χ1v) is 13.3. The van der Waals surface area contributed by atoms with E-state index in [2.05, 4.69) is 20.5 Å². The number of nitrogens with one attached hydrogen (secondary N) is 1. The number of methoxy groups -OCH3 is 1. The maximum atomic E-state index is 12.8. The lowest BCUT2D eigenvalue weighted by Crippen LogP contribution is -2.14. The minimum Gasteiger partial charge on any atom is -0.497 e. The van der Waals surface area contributed by atoms with Crippen LogP contribution in [0.25, 0.3) is 27.3 Å². The molecule has 3 aromatic carbocycles. The number of anilines is 1. The molecule has 5 rings (SSSR count). The van der Waals surface area contributed by atoms with Gasteiger partial charge in [-0.25, -0.2) is 4.98 Å². The Morgan fingerprint density at radius 3 is 2.64 bits per heavy atom. The van der Waals surface area contributed by atoms with Crippen molar-refractivity contribution in [3.8, 4) is 22.8 Å². The molecule has 2 aromatic heterocycles. The normalized spacial score (nSPS) is 11.1. The van der Waals surface area contributed by atoms with Gasteiger partial charge in [-0.3, -0.25) is 9.36 Å². The Bertz CT molecular complexity index is 1570. The summed E-state index contributed by atoms with van der Waals surface area (Å²) in [5, 5.41) is 14.0. The third-order valence-electron chi connectivity index (χ3n) is 5.32. The molecule has 0 aliphatic carbocycles. The van der Waals surface area contributed by atoms with Gasteiger partial charge in [-0.05, 0) is 67.1 Å². The molecule has 0 aliphatic rings. The largest absolute Gasteiger partial charge is 0.497 e. The lowest BCUT2D eigenvalue weighted by atomic mass is 10.2. The topological polar surface area (TPSA) is 81.9 Å². The molecule has 0 spiro atoms. The zero-order chi connectivity index (χ0) is 25.2. The second-order valence-corrected chi connectivity index (χ2v) is 10.6. The van der Waals surface area contributed by atoms with E-state index in [-0.39, 0.29) is 11.7 Å². The van der Waals surface area contributed by atoms with Crippen LogP contribution in [0.5, 0.6) is 5.75 Å². The predicted octanol–water partition coefficient (Wildman–Crippen LogP) is 6.90. The van der Waals surface area contributed by atoms with E-state index in [9.17, 15) is 4.79 Å². The molecule has 0 fully saturated rings. The molecule has 182 valence electrons. The molecule has 0 aliphatic heterocycles. The third-order valence-corrected chi connectivity index (χ3v) is 7.85. The highest BCUT2D eigenvalue weighted by molar-refractivity contribution is 7.99. The van der Waals surface area contributed by atoms with E-state index < -0.39 is 0 Å². The fourth-order valence-corrected chi connectivity index (χ4v) is 5.44. The summed E-state index contributed by atoms with van der Waals surface area (Å²) >= 11 is 15.2. The zero-order valence-electron chi connectivity index (χ0n) is 19.2. The van der Waals surface area contributed by atoms with Crippen LogP contribution in [-0.4, -0.2) is 38.5 Å². The van der Waals surface area contributed by atoms with Gasteiger partial charge in [-0.15, -0.1) is 10.2 Å². The molecule has 0 atom stereocenters. The van der Waals surface area contributed by atoms with Crippen molar-refractivity contribution in [1.29, 1.82) is 0 Å². The number of carbonyl (C=O) groups is 1. The molecule has 1 N–H and O–H groups in total. The van der Waals surface area contributed by atoms with Crippen LogP contribution in [0.4, 0.5) is 5.13 Å². The lowest BCUT2D eigenvalue weighted by molar-refractivity contribution is -0.113. The number of amides is 1. The molecule has 0 radical (unpaired) electrons. The number of benzene rings is 3. The summed E-state index contributed by atoms with van der Waals surface area (Å²) in [5.74, 6) is 1.29. The van der Waals surface area contributed by atoms with Crippen LogP contribution < -0.4 is 10.1 Å². The van der Waals surface area contributed by atoms with Crippen LogP contribution in [-0.2, 0) is 4.79 Å². The monoisotopic (exact) mass is 555 g/mol. The maximum absolute atomic E-state index is 12.8. The van der Waals surface area contributed by atoms with Crippen molar-refractivity contribution < 1.29 is 9.53 Å². The fourth-order valence-electron chi connectivity index (χ4n) is 3.47. The molecule has 0 unspecified atom stereocenters. The number of thiazole rings is 1. The summed E-state index contributed by atoms with van der Waals surface area (Å²) in [5.41, 5.74) is 3.39. The molecular formula is C25H19Cl2N5O2S2. The number of aromatic nitrogens is 4. The standard InChI is InChI=1S/C25H19Cl2N5O2S2/c1-14-3-8-17(11-19(14)27)32-23(15-4-6-16(26)7-5-15)30-31-25(32)35-13-22(33)29-24-28-20-10-9-18(34-2)12-21(20)36-24/h3-12H,13H2,1-2H3,(H,28,29,33). The predicted molar refractivity (Wildman–Crippen MR) is 147 cm³/mol. The van der Waals surface area contributed by atoms with Crippen molar-refractivity contribution in [3.05, 3.63) is 76.3 Å². The second-order valence-electron chi connectivity index (χ2n) is 7.77. The van der Waals surface area contributed by atoms with Crippen molar-refractivity contribution >= 4 is 67.6 Å². The summed E-state index contributed by atoms with van der Waals surface area (Å²) < 4.78 is 8.08. The van der Waals surface area contributed by atoms with E-state index in [1.165, 1.54) is 23.1 Å². The van der Waals surface area contributed by atoms with Crippen molar-refractivity contribution in [3.63, 3.8) is 0 Å². The third kappa shape index (κ3) is 5.19. The minimum absolute atomic E-state index is 0.123. The van der Waals surface area contributed by atoms with Gasteiger partial charge in [0, 0.05) is 15.6 Å². The molecule has 5 aromatic rings. The summed E-state index contributed by atoms with van der Waals surface area (Å²) in [6.07, 6.45) is 0. The van der Waals surface area contributed by atoms with Gasteiger partial charge in [0.25, 0.3) is 0 Å². The van der Waals surface area contributed by atoms with Crippen LogP contribution >= 0.6 is 46.3 Å². The van der Waals surface area contributed by atoms with Gasteiger partial charge in [0.2, 0.25) is 5.91 Å². The number of fused-ring (bicyclic) bond motifs is 1. The molecule has 7 nitrogen and oxygen atoms in total. The molecule has 0 saturated heterocycles. The summed E-state index contributed by atoms with van der Waals surface area (Å²) in [7, 11) is 1.61. The second kappa shape index (κ2) is 10.5. The van der Waals surface area contributed by atoms with Gasteiger partial charge in [0.05, 0.1) is 28.8 Å². The maximum Gasteiger partial charge on any atom is 0.236 e. The molecule has 1 amide bonds. The number of ether oxygens (including phenoxy) is 1. The van der Waals surface area contributed by atoms with Crippen molar-refractivity contribution in [2.75, 3.05) is 18.2 Å². The Balaban J connectivity index is 1.39. The summed E-state index contributed by atoms with van der Waals surface area (Å²) in [6.45, 7) is 1.94. The Morgan fingerprint density at radius 2 is 1.89 bits per heavy atom. The van der Waals surface area contributed by atoms with Crippen LogP contribution in [0.1, 0.15) is 5.56 Å². The SMILES string of the molecule is COc1ccc2nc(NC(=O)CSc3nnc(-c4ccc(Cl)cc4)n3-c3ccc(C)c(Cl)c3)sc2c1. The van der Waals surface area contributed by atoms with Gasteiger partial charge in [-0.2, -0.15) is 0 Å². The molecule has 2 heterocycles. The number of thioether (sulfide) groups is 1. The first kappa shape index (κ1) is 24.6. The minimum atomic E-state index is -0.199. The molecule has 0 saturated carbocycles.